The quantitative estimate of drug-likeness (QED) is 0.695. The van der Waals surface area contributed by atoms with Crippen LogP contribution in [0.5, 0.6) is 0 Å². The SMILES string of the molecule is CC[C@]12CCC(=O)C=C1CC[C@@H]2O[Si](C)(C)C(C)(C)C. The standard InChI is InChI=1S/C17H30O2Si/c1-7-17-11-10-14(18)12-13(17)8-9-15(17)19-20(5,6)16(2,3)4/h12,15H,7-11H2,1-6H3/t15-,17-/m0/s1. The van der Waals surface area contributed by atoms with Crippen molar-refractivity contribution in [3.8, 4) is 0 Å². The molecule has 0 heterocycles. The van der Waals surface area contributed by atoms with Crippen LogP contribution in [0.4, 0.5) is 0 Å². The van der Waals surface area contributed by atoms with Gasteiger partial charge < -0.3 is 4.43 Å². The minimum absolute atomic E-state index is 0.156. The van der Waals surface area contributed by atoms with Crippen molar-refractivity contribution in [1.82, 2.24) is 0 Å². The maximum absolute atomic E-state index is 11.7. The molecule has 0 saturated heterocycles. The highest BCUT2D eigenvalue weighted by molar-refractivity contribution is 6.74. The van der Waals surface area contributed by atoms with Crippen molar-refractivity contribution in [1.29, 1.82) is 0 Å². The lowest BCUT2D eigenvalue weighted by molar-refractivity contribution is -0.116. The summed E-state index contributed by atoms with van der Waals surface area (Å²) in [5, 5.41) is 0.249. The lowest BCUT2D eigenvalue weighted by atomic mass is 9.71. The van der Waals surface area contributed by atoms with Gasteiger partial charge in [-0.1, -0.05) is 33.3 Å². The Morgan fingerprint density at radius 3 is 2.55 bits per heavy atom. The van der Waals surface area contributed by atoms with Crippen LogP contribution in [0.25, 0.3) is 0 Å². The fourth-order valence-electron chi connectivity index (χ4n) is 3.50. The van der Waals surface area contributed by atoms with E-state index < -0.39 is 8.32 Å². The van der Waals surface area contributed by atoms with Crippen molar-refractivity contribution < 1.29 is 9.22 Å². The molecule has 1 saturated carbocycles. The topological polar surface area (TPSA) is 26.3 Å². The van der Waals surface area contributed by atoms with Gasteiger partial charge in [-0.2, -0.15) is 0 Å². The van der Waals surface area contributed by atoms with Crippen LogP contribution in [0.1, 0.15) is 59.8 Å². The summed E-state index contributed by atoms with van der Waals surface area (Å²) in [7, 11) is -1.74. The van der Waals surface area contributed by atoms with E-state index in [9.17, 15) is 4.79 Å². The normalized spacial score (nSPS) is 31.2. The van der Waals surface area contributed by atoms with Crippen LogP contribution < -0.4 is 0 Å². The van der Waals surface area contributed by atoms with Crippen molar-refractivity contribution in [3.05, 3.63) is 11.6 Å². The van der Waals surface area contributed by atoms with E-state index in [1.165, 1.54) is 5.57 Å². The second-order valence-corrected chi connectivity index (χ2v) is 12.8. The Morgan fingerprint density at radius 1 is 1.35 bits per heavy atom. The average Bonchev–Trinajstić information content (AvgIpc) is 2.66. The molecule has 0 aromatic rings. The summed E-state index contributed by atoms with van der Waals surface area (Å²) in [6.07, 6.45) is 7.21. The number of allylic oxidation sites excluding steroid dienone is 1. The van der Waals surface area contributed by atoms with E-state index in [1.54, 1.807) is 0 Å². The second-order valence-electron chi connectivity index (χ2n) is 8.05. The van der Waals surface area contributed by atoms with E-state index >= 15 is 0 Å². The van der Waals surface area contributed by atoms with Gasteiger partial charge in [-0.15, -0.1) is 0 Å². The third kappa shape index (κ3) is 2.55. The molecule has 0 unspecified atom stereocenters. The smallest absolute Gasteiger partial charge is 0.192 e. The first-order valence-corrected chi connectivity index (χ1v) is 10.9. The maximum atomic E-state index is 11.7. The number of hydrogen-bond donors (Lipinski definition) is 0. The number of hydrogen-bond acceptors (Lipinski definition) is 2. The summed E-state index contributed by atoms with van der Waals surface area (Å²) < 4.78 is 6.75. The Morgan fingerprint density at radius 2 is 2.00 bits per heavy atom. The first-order valence-electron chi connectivity index (χ1n) is 8.04. The van der Waals surface area contributed by atoms with Crippen molar-refractivity contribution in [2.75, 3.05) is 0 Å². The highest BCUT2D eigenvalue weighted by Gasteiger charge is 2.51. The monoisotopic (exact) mass is 294 g/mol. The summed E-state index contributed by atoms with van der Waals surface area (Å²) in [5.41, 5.74) is 1.53. The van der Waals surface area contributed by atoms with Crippen molar-refractivity contribution in [3.63, 3.8) is 0 Å². The van der Waals surface area contributed by atoms with Crippen LogP contribution >= 0.6 is 0 Å². The molecule has 0 aliphatic heterocycles. The van der Waals surface area contributed by atoms with Crippen molar-refractivity contribution >= 4 is 14.1 Å². The Labute approximate surface area is 125 Å². The molecule has 3 heteroatoms. The second kappa shape index (κ2) is 5.10. The molecule has 114 valence electrons. The summed E-state index contributed by atoms with van der Waals surface area (Å²) in [4.78, 5) is 11.7. The molecule has 0 aromatic carbocycles. The molecule has 0 amide bonds. The molecule has 1 fully saturated rings. The third-order valence-corrected chi connectivity index (χ3v) is 10.4. The molecule has 20 heavy (non-hydrogen) atoms. The lowest BCUT2D eigenvalue weighted by Crippen LogP contribution is -2.48. The predicted octanol–water partition coefficient (Wildman–Crippen LogP) is 4.86. The van der Waals surface area contributed by atoms with Gasteiger partial charge in [-0.05, 0) is 49.9 Å². The molecule has 0 N–H and O–H groups in total. The van der Waals surface area contributed by atoms with Gasteiger partial charge in [0.25, 0.3) is 0 Å². The molecular formula is C17H30O2Si. The molecule has 0 spiro atoms. The van der Waals surface area contributed by atoms with Crippen LogP contribution in [0.3, 0.4) is 0 Å². The van der Waals surface area contributed by atoms with E-state index in [0.29, 0.717) is 18.3 Å². The number of fused-ring (bicyclic) bond motifs is 1. The van der Waals surface area contributed by atoms with Gasteiger partial charge in [0.1, 0.15) is 0 Å². The lowest BCUT2D eigenvalue weighted by Gasteiger charge is -2.45. The van der Waals surface area contributed by atoms with Gasteiger partial charge in [0, 0.05) is 11.8 Å². The first-order chi connectivity index (χ1) is 9.12. The highest BCUT2D eigenvalue weighted by atomic mass is 28.4. The van der Waals surface area contributed by atoms with E-state index in [4.69, 9.17) is 4.43 Å². The molecule has 2 aliphatic rings. The molecule has 0 aromatic heterocycles. The zero-order valence-corrected chi connectivity index (χ0v) is 15.0. The number of ketones is 1. The van der Waals surface area contributed by atoms with Crippen LogP contribution in [0, 0.1) is 5.41 Å². The van der Waals surface area contributed by atoms with E-state index in [-0.39, 0.29) is 10.5 Å². The fourth-order valence-corrected chi connectivity index (χ4v) is 4.91. The Hall–Kier alpha value is -0.413. The zero-order valence-electron chi connectivity index (χ0n) is 14.0. The maximum Gasteiger partial charge on any atom is 0.192 e. The largest absolute Gasteiger partial charge is 0.413 e. The number of carbonyl (C=O) groups is 1. The van der Waals surface area contributed by atoms with Gasteiger partial charge >= 0.3 is 0 Å². The van der Waals surface area contributed by atoms with Gasteiger partial charge in [0.15, 0.2) is 14.1 Å². The molecule has 2 nitrogen and oxygen atoms in total. The summed E-state index contributed by atoms with van der Waals surface area (Å²) >= 11 is 0. The fraction of sp³-hybridized carbons (Fsp3) is 0.824. The molecule has 2 rings (SSSR count). The minimum Gasteiger partial charge on any atom is -0.413 e. The Kier molecular flexibility index (Phi) is 4.07. The molecular weight excluding hydrogens is 264 g/mol. The number of carbonyl (C=O) groups excluding carboxylic acids is 1. The summed E-state index contributed by atoms with van der Waals surface area (Å²) in [6.45, 7) is 13.8. The molecule has 0 bridgehead atoms. The van der Waals surface area contributed by atoms with Gasteiger partial charge in [0.2, 0.25) is 0 Å². The highest BCUT2D eigenvalue weighted by Crippen LogP contribution is 2.54. The van der Waals surface area contributed by atoms with Crippen LogP contribution in [0.2, 0.25) is 18.1 Å². The van der Waals surface area contributed by atoms with Crippen molar-refractivity contribution in [2.24, 2.45) is 5.41 Å². The van der Waals surface area contributed by atoms with Crippen LogP contribution in [-0.4, -0.2) is 20.2 Å². The van der Waals surface area contributed by atoms with Gasteiger partial charge in [0.05, 0.1) is 6.10 Å². The Balaban J connectivity index is 2.26. The molecule has 2 atom stereocenters. The zero-order chi connectivity index (χ0) is 15.2. The molecule has 0 radical (unpaired) electrons. The summed E-state index contributed by atoms with van der Waals surface area (Å²) in [6, 6.07) is 0. The van der Waals surface area contributed by atoms with E-state index in [2.05, 4.69) is 40.8 Å². The van der Waals surface area contributed by atoms with Gasteiger partial charge in [-0.25, -0.2) is 0 Å². The van der Waals surface area contributed by atoms with Crippen LogP contribution in [0.15, 0.2) is 11.6 Å². The van der Waals surface area contributed by atoms with Crippen LogP contribution in [-0.2, 0) is 9.22 Å². The van der Waals surface area contributed by atoms with Gasteiger partial charge in [-0.3, -0.25) is 4.79 Å². The predicted molar refractivity (Wildman–Crippen MR) is 86.4 cm³/mol. The summed E-state index contributed by atoms with van der Waals surface area (Å²) in [5.74, 6) is 0.317. The van der Waals surface area contributed by atoms with E-state index in [1.807, 2.05) is 6.08 Å². The number of rotatable bonds is 3. The first kappa shape index (κ1) is 16.0. The third-order valence-electron chi connectivity index (χ3n) is 5.96. The Bertz CT molecular complexity index is 431. The van der Waals surface area contributed by atoms with Crippen molar-refractivity contribution in [2.45, 2.75) is 84.0 Å². The minimum atomic E-state index is -1.74. The van der Waals surface area contributed by atoms with E-state index in [0.717, 1.165) is 25.7 Å². The molecule has 2 aliphatic carbocycles. The average molecular weight is 295 g/mol.